The maximum absolute atomic E-state index is 11.7. The van der Waals surface area contributed by atoms with Gasteiger partial charge in [0.25, 0.3) is 0 Å². The zero-order chi connectivity index (χ0) is 27.3. The van der Waals surface area contributed by atoms with Crippen molar-refractivity contribution in [3.8, 4) is 0 Å². The Labute approximate surface area is 221 Å². The zero-order valence-corrected chi connectivity index (χ0v) is 23.3. The van der Waals surface area contributed by atoms with Gasteiger partial charge in [-0.25, -0.2) is 4.18 Å². The average Bonchev–Trinajstić information content (AvgIpc) is 3.17. The van der Waals surface area contributed by atoms with Crippen LogP contribution in [0.2, 0.25) is 0 Å². The summed E-state index contributed by atoms with van der Waals surface area (Å²) in [5, 5.41) is 53.5. The van der Waals surface area contributed by atoms with Gasteiger partial charge in [-0.15, -0.1) is 0 Å². The Morgan fingerprint density at radius 2 is 1.70 bits per heavy atom. The highest BCUT2D eigenvalue weighted by atomic mass is 32.3. The third-order valence-corrected chi connectivity index (χ3v) is 12.1. The minimum atomic E-state index is -4.65. The van der Waals surface area contributed by atoms with Gasteiger partial charge in [-0.1, -0.05) is 20.8 Å². The van der Waals surface area contributed by atoms with Gasteiger partial charge in [-0.3, -0.25) is 4.55 Å². The second-order valence-electron chi connectivity index (χ2n) is 13.3. The van der Waals surface area contributed by atoms with Crippen LogP contribution >= 0.6 is 0 Å². The SMILES string of the molecule is C[C@H](CC[C@@H](O)[C@H](CO)COS(=O)(=O)O)C1CCC2C3C(C[C@H](O)[C@@]21C)[C@@]1(C)CC[C@@H](O)C[C@H]1C[C@H]3O. The van der Waals surface area contributed by atoms with Crippen LogP contribution in [-0.4, -0.2) is 76.1 Å². The van der Waals surface area contributed by atoms with Crippen LogP contribution in [0.1, 0.15) is 78.6 Å². The molecule has 9 nitrogen and oxygen atoms in total. The smallest absolute Gasteiger partial charge is 0.396 e. The van der Waals surface area contributed by atoms with Gasteiger partial charge in [-0.05, 0) is 104 Å². The maximum Gasteiger partial charge on any atom is 0.397 e. The molecular weight excluding hydrogens is 500 g/mol. The van der Waals surface area contributed by atoms with E-state index in [9.17, 15) is 34.0 Å². The first-order chi connectivity index (χ1) is 17.2. The van der Waals surface area contributed by atoms with Gasteiger partial charge in [-0.2, -0.15) is 8.42 Å². The fourth-order valence-corrected chi connectivity index (χ4v) is 9.81. The molecule has 4 fully saturated rings. The Bertz CT molecular complexity index is 898. The van der Waals surface area contributed by atoms with Gasteiger partial charge >= 0.3 is 10.4 Å². The van der Waals surface area contributed by atoms with Crippen molar-refractivity contribution in [2.75, 3.05) is 13.2 Å². The molecule has 0 amide bonds. The van der Waals surface area contributed by atoms with E-state index in [1.165, 1.54) is 0 Å². The number of hydrogen-bond acceptors (Lipinski definition) is 8. The van der Waals surface area contributed by atoms with Gasteiger partial charge in [0, 0.05) is 5.92 Å². The van der Waals surface area contributed by atoms with Crippen LogP contribution in [0.15, 0.2) is 0 Å². The summed E-state index contributed by atoms with van der Waals surface area (Å²) in [4.78, 5) is 0. The normalized spacial score (nSPS) is 46.4. The van der Waals surface area contributed by atoms with E-state index in [2.05, 4.69) is 25.0 Å². The van der Waals surface area contributed by atoms with Crippen LogP contribution in [0.5, 0.6) is 0 Å². The van der Waals surface area contributed by atoms with Crippen molar-refractivity contribution in [2.24, 2.45) is 52.3 Å². The number of aliphatic hydroxyl groups excluding tert-OH is 5. The third kappa shape index (κ3) is 5.51. The predicted molar refractivity (Wildman–Crippen MR) is 136 cm³/mol. The molecule has 4 aliphatic rings. The van der Waals surface area contributed by atoms with Crippen LogP contribution in [0, 0.1) is 52.3 Å². The fraction of sp³-hybridized carbons (Fsp3) is 1.00. The lowest BCUT2D eigenvalue weighted by molar-refractivity contribution is -0.207. The maximum atomic E-state index is 11.7. The highest BCUT2D eigenvalue weighted by Crippen LogP contribution is 2.68. The first-order valence-corrected chi connectivity index (χ1v) is 15.5. The van der Waals surface area contributed by atoms with Crippen molar-refractivity contribution in [3.63, 3.8) is 0 Å². The molecule has 13 atom stereocenters. The summed E-state index contributed by atoms with van der Waals surface area (Å²) >= 11 is 0. The zero-order valence-electron chi connectivity index (χ0n) is 22.4. The van der Waals surface area contributed by atoms with Crippen LogP contribution in [0.4, 0.5) is 0 Å². The van der Waals surface area contributed by atoms with Crippen molar-refractivity contribution >= 4 is 10.4 Å². The second kappa shape index (κ2) is 10.9. The Balaban J connectivity index is 1.45. The average molecular weight is 549 g/mol. The predicted octanol–water partition coefficient (Wildman–Crippen LogP) is 2.15. The molecule has 216 valence electrons. The molecule has 6 N–H and O–H groups in total. The van der Waals surface area contributed by atoms with Crippen LogP contribution < -0.4 is 0 Å². The van der Waals surface area contributed by atoms with E-state index >= 15 is 0 Å². The molecule has 0 bridgehead atoms. The summed E-state index contributed by atoms with van der Waals surface area (Å²) in [6, 6.07) is 0. The van der Waals surface area contributed by atoms with E-state index in [0.29, 0.717) is 19.3 Å². The lowest BCUT2D eigenvalue weighted by atomic mass is 9.43. The fourth-order valence-electron chi connectivity index (χ4n) is 9.46. The van der Waals surface area contributed by atoms with Gasteiger partial charge < -0.3 is 25.5 Å². The van der Waals surface area contributed by atoms with Crippen molar-refractivity contribution in [3.05, 3.63) is 0 Å². The second-order valence-corrected chi connectivity index (χ2v) is 14.4. The molecule has 0 radical (unpaired) electrons. The molecule has 0 spiro atoms. The Morgan fingerprint density at radius 3 is 2.35 bits per heavy atom. The third-order valence-electron chi connectivity index (χ3n) is 11.6. The van der Waals surface area contributed by atoms with Crippen LogP contribution in [0.3, 0.4) is 0 Å². The summed E-state index contributed by atoms with van der Waals surface area (Å²) in [5.74, 6) is 0.439. The van der Waals surface area contributed by atoms with Crippen molar-refractivity contribution in [2.45, 2.75) is 103 Å². The lowest BCUT2D eigenvalue weighted by Gasteiger charge is -2.63. The molecular formula is C27H48O9S. The molecule has 4 aliphatic carbocycles. The summed E-state index contributed by atoms with van der Waals surface area (Å²) in [6.07, 6.45) is 4.54. The molecule has 0 heterocycles. The van der Waals surface area contributed by atoms with E-state index in [0.717, 1.165) is 38.5 Å². The number of hydrogen-bond donors (Lipinski definition) is 6. The highest BCUT2D eigenvalue weighted by Gasteiger charge is 2.65. The molecule has 0 aromatic carbocycles. The molecule has 0 saturated heterocycles. The Morgan fingerprint density at radius 1 is 1.00 bits per heavy atom. The van der Waals surface area contributed by atoms with Gasteiger partial charge in [0.2, 0.25) is 0 Å². The van der Waals surface area contributed by atoms with Gasteiger partial charge in [0.15, 0.2) is 0 Å². The van der Waals surface area contributed by atoms with E-state index in [1.807, 2.05) is 0 Å². The molecule has 4 saturated carbocycles. The summed E-state index contributed by atoms with van der Waals surface area (Å²) < 4.78 is 34.9. The summed E-state index contributed by atoms with van der Waals surface area (Å²) in [5.41, 5.74) is -0.309. The molecule has 4 unspecified atom stereocenters. The van der Waals surface area contributed by atoms with E-state index in [1.54, 1.807) is 0 Å². The minimum absolute atomic E-state index is 0.0304. The Hall–Kier alpha value is -0.330. The molecule has 37 heavy (non-hydrogen) atoms. The summed E-state index contributed by atoms with van der Waals surface area (Å²) in [6.45, 7) is 5.67. The van der Waals surface area contributed by atoms with Crippen molar-refractivity contribution in [1.82, 2.24) is 0 Å². The van der Waals surface area contributed by atoms with Crippen LogP contribution in [-0.2, 0) is 14.6 Å². The molecule has 0 aliphatic heterocycles. The molecule has 0 aromatic rings. The minimum Gasteiger partial charge on any atom is -0.396 e. The molecule has 10 heteroatoms. The summed E-state index contributed by atoms with van der Waals surface area (Å²) in [7, 11) is -4.65. The van der Waals surface area contributed by atoms with E-state index in [-0.39, 0.29) is 52.4 Å². The first kappa shape index (κ1) is 29.6. The lowest BCUT2D eigenvalue weighted by Crippen LogP contribution is -2.62. The quantitative estimate of drug-likeness (QED) is 0.237. The molecule has 4 rings (SSSR count). The van der Waals surface area contributed by atoms with Crippen molar-refractivity contribution in [1.29, 1.82) is 0 Å². The number of fused-ring (bicyclic) bond motifs is 5. The molecule has 0 aromatic heterocycles. The standard InChI is InChI=1S/C27H48O9S/c1-15(4-7-22(30)16(13-28)14-36-37(33,34)35)19-5-6-20-25-21(12-24(32)27(19,20)3)26(2)9-8-18(29)10-17(26)11-23(25)31/h15-25,28-32H,4-14H2,1-3H3,(H,33,34,35)/t15-,16-,17+,18-,19?,20?,21?,22-,23-,24+,25?,26+,27-/m1/s1. The van der Waals surface area contributed by atoms with E-state index < -0.39 is 47.8 Å². The Kier molecular flexibility index (Phi) is 8.75. The van der Waals surface area contributed by atoms with E-state index in [4.69, 9.17) is 4.55 Å². The van der Waals surface area contributed by atoms with Gasteiger partial charge in [0.05, 0.1) is 37.6 Å². The first-order valence-electron chi connectivity index (χ1n) is 14.2. The monoisotopic (exact) mass is 548 g/mol. The number of rotatable bonds is 9. The van der Waals surface area contributed by atoms with Gasteiger partial charge in [0.1, 0.15) is 0 Å². The largest absolute Gasteiger partial charge is 0.397 e. The van der Waals surface area contributed by atoms with Crippen molar-refractivity contribution < 1.29 is 42.7 Å². The topological polar surface area (TPSA) is 165 Å². The van der Waals surface area contributed by atoms with Crippen LogP contribution in [0.25, 0.3) is 0 Å². The highest BCUT2D eigenvalue weighted by molar-refractivity contribution is 7.80. The number of aliphatic hydroxyl groups is 5.